The zero-order valence-corrected chi connectivity index (χ0v) is 10.5. The minimum absolute atomic E-state index is 0.108. The van der Waals surface area contributed by atoms with E-state index in [2.05, 4.69) is 4.74 Å². The smallest absolute Gasteiger partial charge is 0.203 e. The van der Waals surface area contributed by atoms with E-state index < -0.39 is 51.8 Å². The zero-order valence-electron chi connectivity index (χ0n) is 10.5. The third kappa shape index (κ3) is 1.66. The number of hydrogen-bond acceptors (Lipinski definition) is 1. The van der Waals surface area contributed by atoms with Gasteiger partial charge >= 0.3 is 0 Å². The van der Waals surface area contributed by atoms with E-state index in [1.807, 2.05) is 0 Å². The van der Waals surface area contributed by atoms with Gasteiger partial charge in [0, 0.05) is 23.1 Å². The Morgan fingerprint density at radius 3 is 2.05 bits per heavy atom. The molecule has 1 nitrogen and oxygen atoms in total. The van der Waals surface area contributed by atoms with Gasteiger partial charge in [-0.3, -0.25) is 0 Å². The summed E-state index contributed by atoms with van der Waals surface area (Å²) in [6.45, 7) is 0. The molecule has 0 heterocycles. The summed E-state index contributed by atoms with van der Waals surface area (Å²) in [4.78, 5) is 0. The molecule has 2 aromatic carbocycles. The fourth-order valence-corrected chi connectivity index (χ4v) is 2.57. The molecule has 0 N–H and O–H groups in total. The van der Waals surface area contributed by atoms with Crippen LogP contribution in [0.15, 0.2) is 6.07 Å². The first-order valence-electron chi connectivity index (χ1n) is 5.78. The van der Waals surface area contributed by atoms with E-state index in [4.69, 9.17) is 0 Å². The highest BCUT2D eigenvalue weighted by Gasteiger charge is 2.35. The van der Waals surface area contributed by atoms with Crippen LogP contribution in [0.3, 0.4) is 0 Å². The van der Waals surface area contributed by atoms with Crippen LogP contribution in [0, 0.1) is 34.9 Å². The van der Waals surface area contributed by atoms with Gasteiger partial charge in [-0.1, -0.05) is 0 Å². The lowest BCUT2D eigenvalue weighted by molar-refractivity contribution is 0.358. The lowest BCUT2D eigenvalue weighted by Gasteiger charge is -2.11. The molecule has 0 bridgehead atoms. The molecule has 0 saturated carbocycles. The first-order chi connectivity index (χ1) is 9.88. The van der Waals surface area contributed by atoms with Gasteiger partial charge in [-0.25, -0.2) is 22.0 Å². The molecule has 110 valence electrons. The molecule has 0 aliphatic heterocycles. The monoisotopic (exact) mass is 304 g/mol. The lowest BCUT2D eigenvalue weighted by Crippen LogP contribution is -2.02. The highest BCUT2D eigenvalue weighted by molar-refractivity contribution is 5.80. The van der Waals surface area contributed by atoms with Crippen molar-refractivity contribution >= 4 is 0 Å². The van der Waals surface area contributed by atoms with Gasteiger partial charge < -0.3 is 4.74 Å². The fourth-order valence-electron chi connectivity index (χ4n) is 2.57. The minimum atomic E-state index is -1.86. The highest BCUT2D eigenvalue weighted by atomic mass is 19.2. The van der Waals surface area contributed by atoms with Gasteiger partial charge in [0.15, 0.2) is 34.8 Å². The van der Waals surface area contributed by atoms with Crippen molar-refractivity contribution in [2.75, 3.05) is 7.11 Å². The number of fused-ring (bicyclic) bond motifs is 3. The van der Waals surface area contributed by atoms with Crippen LogP contribution in [0.1, 0.15) is 11.1 Å². The van der Waals surface area contributed by atoms with E-state index in [1.54, 1.807) is 0 Å². The maximum Gasteiger partial charge on any atom is 0.203 e. The standard InChI is InChI=1S/C14H6F6O/c1-21-14-5-2-4-3-6(15)9(16)10(17)7(4)8(5)11(18)12(19)13(14)20/h3H,2H2,1H3. The molecule has 3 rings (SSSR count). The summed E-state index contributed by atoms with van der Waals surface area (Å²) in [6.07, 6.45) is -0.296. The molecule has 0 spiro atoms. The van der Waals surface area contributed by atoms with Gasteiger partial charge in [0.2, 0.25) is 5.82 Å². The molecule has 0 amide bonds. The Kier molecular flexibility index (Phi) is 2.89. The third-order valence-electron chi connectivity index (χ3n) is 3.45. The van der Waals surface area contributed by atoms with Crippen molar-refractivity contribution in [1.82, 2.24) is 0 Å². The largest absolute Gasteiger partial charge is 0.493 e. The van der Waals surface area contributed by atoms with Crippen molar-refractivity contribution in [2.45, 2.75) is 6.42 Å². The number of ether oxygens (including phenoxy) is 1. The third-order valence-corrected chi connectivity index (χ3v) is 3.45. The van der Waals surface area contributed by atoms with Crippen molar-refractivity contribution in [1.29, 1.82) is 0 Å². The van der Waals surface area contributed by atoms with E-state index in [0.717, 1.165) is 7.11 Å². The molecule has 2 aromatic rings. The van der Waals surface area contributed by atoms with E-state index in [9.17, 15) is 26.3 Å². The molecule has 0 saturated heterocycles. The van der Waals surface area contributed by atoms with Crippen molar-refractivity contribution in [3.8, 4) is 16.9 Å². The van der Waals surface area contributed by atoms with Crippen molar-refractivity contribution in [2.24, 2.45) is 0 Å². The lowest BCUT2D eigenvalue weighted by atomic mass is 10.0. The van der Waals surface area contributed by atoms with Gasteiger partial charge in [0.25, 0.3) is 0 Å². The zero-order chi connectivity index (χ0) is 15.5. The SMILES string of the molecule is COc1c(F)c(F)c(F)c2c1Cc1cc(F)c(F)c(F)c1-2. The van der Waals surface area contributed by atoms with Crippen LogP contribution in [-0.4, -0.2) is 7.11 Å². The molecule has 21 heavy (non-hydrogen) atoms. The van der Waals surface area contributed by atoms with Crippen LogP contribution in [0.5, 0.6) is 5.75 Å². The second kappa shape index (κ2) is 4.41. The quantitative estimate of drug-likeness (QED) is 0.486. The molecule has 0 aromatic heterocycles. The number of halogens is 6. The Labute approximate surface area is 114 Å². The Balaban J connectivity index is 2.44. The second-order valence-corrected chi connectivity index (χ2v) is 4.53. The van der Waals surface area contributed by atoms with Crippen molar-refractivity contribution in [3.05, 3.63) is 52.1 Å². The highest BCUT2D eigenvalue weighted by Crippen LogP contribution is 2.47. The summed E-state index contributed by atoms with van der Waals surface area (Å²) in [5.74, 6) is -10.6. The summed E-state index contributed by atoms with van der Waals surface area (Å²) >= 11 is 0. The van der Waals surface area contributed by atoms with Crippen LogP contribution < -0.4 is 4.74 Å². The van der Waals surface area contributed by atoms with Crippen LogP contribution in [-0.2, 0) is 6.42 Å². The molecule has 0 atom stereocenters. The average molecular weight is 304 g/mol. The summed E-state index contributed by atoms with van der Waals surface area (Å²) in [5, 5.41) is 0. The van der Waals surface area contributed by atoms with Crippen LogP contribution in [0.4, 0.5) is 26.3 Å². The number of methoxy groups -OCH3 is 1. The Morgan fingerprint density at radius 2 is 1.43 bits per heavy atom. The molecule has 0 unspecified atom stereocenters. The van der Waals surface area contributed by atoms with Crippen molar-refractivity contribution in [3.63, 3.8) is 0 Å². The minimum Gasteiger partial charge on any atom is -0.493 e. The van der Waals surface area contributed by atoms with E-state index in [-0.39, 0.29) is 17.5 Å². The predicted octanol–water partition coefficient (Wildman–Crippen LogP) is 4.10. The molecule has 0 fully saturated rings. The van der Waals surface area contributed by atoms with E-state index >= 15 is 0 Å². The Bertz CT molecular complexity index is 784. The molecule has 0 radical (unpaired) electrons. The molecular formula is C14H6F6O. The van der Waals surface area contributed by atoms with Crippen LogP contribution in [0.2, 0.25) is 0 Å². The van der Waals surface area contributed by atoms with Gasteiger partial charge in [0.05, 0.1) is 7.11 Å². The van der Waals surface area contributed by atoms with Crippen LogP contribution in [0.25, 0.3) is 11.1 Å². The normalized spacial score (nSPS) is 12.3. The first-order valence-corrected chi connectivity index (χ1v) is 5.78. The van der Waals surface area contributed by atoms with Gasteiger partial charge in [0.1, 0.15) is 0 Å². The average Bonchev–Trinajstić information content (AvgIpc) is 2.82. The Morgan fingerprint density at radius 1 is 0.810 bits per heavy atom. The molecule has 7 heteroatoms. The van der Waals surface area contributed by atoms with Gasteiger partial charge in [-0.15, -0.1) is 0 Å². The van der Waals surface area contributed by atoms with E-state index in [1.165, 1.54) is 0 Å². The van der Waals surface area contributed by atoms with E-state index in [0.29, 0.717) is 6.07 Å². The predicted molar refractivity (Wildman–Crippen MR) is 61.0 cm³/mol. The molecule has 1 aliphatic carbocycles. The second-order valence-electron chi connectivity index (χ2n) is 4.53. The van der Waals surface area contributed by atoms with Crippen molar-refractivity contribution < 1.29 is 31.1 Å². The fraction of sp³-hybridized carbons (Fsp3) is 0.143. The summed E-state index contributed by atoms with van der Waals surface area (Å²) in [7, 11) is 1.02. The van der Waals surface area contributed by atoms with Gasteiger partial charge in [-0.05, 0) is 11.6 Å². The molecule has 1 aliphatic rings. The number of benzene rings is 2. The maximum absolute atomic E-state index is 13.9. The first kappa shape index (κ1) is 13.8. The number of hydrogen-bond donors (Lipinski definition) is 0. The molecular weight excluding hydrogens is 298 g/mol. The summed E-state index contributed by atoms with van der Waals surface area (Å²) in [5.41, 5.74) is -1.55. The summed E-state index contributed by atoms with van der Waals surface area (Å²) in [6, 6.07) is 0.669. The summed E-state index contributed by atoms with van der Waals surface area (Å²) < 4.78 is 86.1. The van der Waals surface area contributed by atoms with Gasteiger partial charge in [-0.2, -0.15) is 4.39 Å². The number of rotatable bonds is 1. The Hall–Kier alpha value is -2.18. The topological polar surface area (TPSA) is 9.23 Å². The maximum atomic E-state index is 13.9. The van der Waals surface area contributed by atoms with Crippen LogP contribution >= 0.6 is 0 Å².